The van der Waals surface area contributed by atoms with E-state index in [4.69, 9.17) is 5.73 Å². The van der Waals surface area contributed by atoms with Crippen LogP contribution in [-0.2, 0) is 11.3 Å². The maximum Gasteiger partial charge on any atom is 0.229 e. The molecule has 0 bridgehead atoms. The average Bonchev–Trinajstić information content (AvgIpc) is 2.43. The molecule has 0 saturated heterocycles. The van der Waals surface area contributed by atoms with Crippen molar-refractivity contribution in [3.05, 3.63) is 35.9 Å². The van der Waals surface area contributed by atoms with Crippen molar-refractivity contribution in [2.45, 2.75) is 20.4 Å². The summed E-state index contributed by atoms with van der Waals surface area (Å²) in [5.74, 6) is 0.116. The lowest BCUT2D eigenvalue weighted by molar-refractivity contribution is -0.140. The SMILES string of the molecule is CN(C)CCN(Cc1ccccc1)C(=O)C(C)(C)CN. The molecule has 4 heteroatoms. The van der Waals surface area contributed by atoms with Crippen molar-refractivity contribution in [2.24, 2.45) is 11.1 Å². The van der Waals surface area contributed by atoms with Crippen LogP contribution in [0.4, 0.5) is 0 Å². The number of carbonyl (C=O) groups is 1. The summed E-state index contributed by atoms with van der Waals surface area (Å²) < 4.78 is 0. The highest BCUT2D eigenvalue weighted by Crippen LogP contribution is 2.18. The smallest absolute Gasteiger partial charge is 0.229 e. The molecule has 20 heavy (non-hydrogen) atoms. The Hall–Kier alpha value is -1.39. The minimum atomic E-state index is -0.513. The van der Waals surface area contributed by atoms with Gasteiger partial charge in [-0.05, 0) is 33.5 Å². The van der Waals surface area contributed by atoms with Crippen molar-refractivity contribution < 1.29 is 4.79 Å². The number of hydrogen-bond donors (Lipinski definition) is 1. The summed E-state index contributed by atoms with van der Waals surface area (Å²) in [5.41, 5.74) is 6.37. The Balaban J connectivity index is 2.82. The molecule has 0 aliphatic rings. The number of nitrogens with zero attached hydrogens (tertiary/aromatic N) is 2. The molecule has 0 aromatic heterocycles. The van der Waals surface area contributed by atoms with Gasteiger partial charge in [-0.15, -0.1) is 0 Å². The molecular weight excluding hydrogens is 250 g/mol. The summed E-state index contributed by atoms with van der Waals surface area (Å²) in [6.07, 6.45) is 0. The van der Waals surface area contributed by atoms with E-state index in [1.807, 2.05) is 63.2 Å². The molecule has 112 valence electrons. The van der Waals surface area contributed by atoms with E-state index in [0.717, 1.165) is 12.1 Å². The Kier molecular flexibility index (Phi) is 6.17. The van der Waals surface area contributed by atoms with Crippen LogP contribution in [0.15, 0.2) is 30.3 Å². The van der Waals surface area contributed by atoms with E-state index in [-0.39, 0.29) is 5.91 Å². The van der Waals surface area contributed by atoms with Gasteiger partial charge in [0, 0.05) is 26.2 Å². The quantitative estimate of drug-likeness (QED) is 0.823. The van der Waals surface area contributed by atoms with Crippen molar-refractivity contribution in [1.82, 2.24) is 9.80 Å². The number of amides is 1. The molecule has 0 fully saturated rings. The first-order valence-corrected chi connectivity index (χ1v) is 7.05. The fourth-order valence-electron chi connectivity index (χ4n) is 1.89. The zero-order valence-electron chi connectivity index (χ0n) is 13.1. The van der Waals surface area contributed by atoms with Gasteiger partial charge in [0.25, 0.3) is 0 Å². The minimum Gasteiger partial charge on any atom is -0.337 e. The number of hydrogen-bond acceptors (Lipinski definition) is 3. The van der Waals surface area contributed by atoms with Gasteiger partial charge in [0.05, 0.1) is 5.41 Å². The van der Waals surface area contributed by atoms with E-state index in [0.29, 0.717) is 19.6 Å². The molecule has 0 radical (unpaired) electrons. The van der Waals surface area contributed by atoms with Gasteiger partial charge < -0.3 is 15.5 Å². The monoisotopic (exact) mass is 277 g/mol. The fraction of sp³-hybridized carbons (Fsp3) is 0.562. The first kappa shape index (κ1) is 16.7. The zero-order valence-corrected chi connectivity index (χ0v) is 13.1. The molecule has 1 aromatic carbocycles. The van der Waals surface area contributed by atoms with Crippen LogP contribution in [0.1, 0.15) is 19.4 Å². The normalized spacial score (nSPS) is 11.7. The molecule has 1 amide bonds. The number of nitrogens with two attached hydrogens (primary N) is 1. The Morgan fingerprint density at radius 3 is 2.25 bits per heavy atom. The van der Waals surface area contributed by atoms with E-state index in [1.165, 1.54) is 0 Å². The van der Waals surface area contributed by atoms with Gasteiger partial charge >= 0.3 is 0 Å². The van der Waals surface area contributed by atoms with E-state index in [9.17, 15) is 4.79 Å². The molecule has 1 rings (SSSR count). The second kappa shape index (κ2) is 7.41. The number of carbonyl (C=O) groups excluding carboxylic acids is 1. The average molecular weight is 277 g/mol. The summed E-state index contributed by atoms with van der Waals surface area (Å²) in [5, 5.41) is 0. The molecule has 0 unspecified atom stereocenters. The second-order valence-electron chi connectivity index (χ2n) is 6.10. The summed E-state index contributed by atoms with van der Waals surface area (Å²) >= 11 is 0. The topological polar surface area (TPSA) is 49.6 Å². The minimum absolute atomic E-state index is 0.116. The van der Waals surface area contributed by atoms with Gasteiger partial charge in [-0.2, -0.15) is 0 Å². The van der Waals surface area contributed by atoms with Crippen molar-refractivity contribution in [2.75, 3.05) is 33.7 Å². The van der Waals surface area contributed by atoms with Gasteiger partial charge in [-0.25, -0.2) is 0 Å². The predicted octanol–water partition coefficient (Wildman–Crippen LogP) is 1.56. The summed E-state index contributed by atoms with van der Waals surface area (Å²) in [4.78, 5) is 16.6. The number of benzene rings is 1. The first-order valence-electron chi connectivity index (χ1n) is 7.05. The third-order valence-corrected chi connectivity index (χ3v) is 3.41. The van der Waals surface area contributed by atoms with Crippen LogP contribution < -0.4 is 5.73 Å². The van der Waals surface area contributed by atoms with Gasteiger partial charge in [-0.3, -0.25) is 4.79 Å². The standard InChI is InChI=1S/C16H27N3O/c1-16(2,13-17)15(20)19(11-10-18(3)4)12-14-8-6-5-7-9-14/h5-9H,10-13,17H2,1-4H3. The fourth-order valence-corrected chi connectivity index (χ4v) is 1.89. The van der Waals surface area contributed by atoms with Crippen LogP contribution in [-0.4, -0.2) is 49.4 Å². The van der Waals surface area contributed by atoms with Crippen molar-refractivity contribution in [3.8, 4) is 0 Å². The number of likely N-dealkylation sites (N-methyl/N-ethyl adjacent to an activating group) is 1. The Bertz CT molecular complexity index is 415. The van der Waals surface area contributed by atoms with E-state index in [2.05, 4.69) is 4.90 Å². The first-order chi connectivity index (χ1) is 9.36. The van der Waals surface area contributed by atoms with Crippen molar-refractivity contribution in [3.63, 3.8) is 0 Å². The van der Waals surface area contributed by atoms with Gasteiger partial charge in [0.15, 0.2) is 0 Å². The predicted molar refractivity (Wildman–Crippen MR) is 83.2 cm³/mol. The lowest BCUT2D eigenvalue weighted by Gasteiger charge is -2.32. The van der Waals surface area contributed by atoms with Gasteiger partial charge in [0.1, 0.15) is 0 Å². The van der Waals surface area contributed by atoms with Crippen molar-refractivity contribution >= 4 is 5.91 Å². The Labute approximate surface area is 122 Å². The molecule has 0 heterocycles. The van der Waals surface area contributed by atoms with Gasteiger partial charge in [-0.1, -0.05) is 30.3 Å². The third-order valence-electron chi connectivity index (χ3n) is 3.41. The molecule has 0 atom stereocenters. The highest BCUT2D eigenvalue weighted by Gasteiger charge is 2.30. The van der Waals surface area contributed by atoms with E-state index < -0.39 is 5.41 Å². The third kappa shape index (κ3) is 4.94. The molecule has 1 aromatic rings. The maximum absolute atomic E-state index is 12.6. The van der Waals surface area contributed by atoms with Crippen LogP contribution >= 0.6 is 0 Å². The molecule has 0 spiro atoms. The Morgan fingerprint density at radius 1 is 1.15 bits per heavy atom. The van der Waals surface area contributed by atoms with E-state index in [1.54, 1.807) is 0 Å². The van der Waals surface area contributed by atoms with Crippen LogP contribution in [0.25, 0.3) is 0 Å². The summed E-state index contributed by atoms with van der Waals surface area (Å²) in [6, 6.07) is 10.1. The van der Waals surface area contributed by atoms with Crippen molar-refractivity contribution in [1.29, 1.82) is 0 Å². The molecule has 0 saturated carbocycles. The van der Waals surface area contributed by atoms with Crippen LogP contribution in [0.2, 0.25) is 0 Å². The maximum atomic E-state index is 12.6. The second-order valence-corrected chi connectivity index (χ2v) is 6.10. The Morgan fingerprint density at radius 2 is 1.75 bits per heavy atom. The lowest BCUT2D eigenvalue weighted by atomic mass is 9.91. The molecular formula is C16H27N3O. The van der Waals surface area contributed by atoms with Crippen LogP contribution in [0, 0.1) is 5.41 Å². The van der Waals surface area contributed by atoms with Crippen LogP contribution in [0.3, 0.4) is 0 Å². The summed E-state index contributed by atoms with van der Waals surface area (Å²) in [6.45, 7) is 6.37. The lowest BCUT2D eigenvalue weighted by Crippen LogP contribution is -2.46. The molecule has 0 aliphatic heterocycles. The molecule has 0 aliphatic carbocycles. The largest absolute Gasteiger partial charge is 0.337 e. The highest BCUT2D eigenvalue weighted by molar-refractivity contribution is 5.82. The zero-order chi connectivity index (χ0) is 15.2. The van der Waals surface area contributed by atoms with E-state index >= 15 is 0 Å². The molecule has 4 nitrogen and oxygen atoms in total. The van der Waals surface area contributed by atoms with Crippen LogP contribution in [0.5, 0.6) is 0 Å². The molecule has 2 N–H and O–H groups in total. The summed E-state index contributed by atoms with van der Waals surface area (Å²) in [7, 11) is 4.03. The number of rotatable bonds is 7. The van der Waals surface area contributed by atoms with Gasteiger partial charge in [0.2, 0.25) is 5.91 Å². The highest BCUT2D eigenvalue weighted by atomic mass is 16.2.